The number of hydrogen-bond acceptors (Lipinski definition) is 1. The molecule has 21 heavy (non-hydrogen) atoms. The van der Waals surface area contributed by atoms with E-state index in [0.29, 0.717) is 0 Å². The van der Waals surface area contributed by atoms with Gasteiger partial charge in [0.1, 0.15) is 0 Å². The van der Waals surface area contributed by atoms with Crippen molar-refractivity contribution in [3.05, 3.63) is 96.1 Å². The minimum atomic E-state index is 1.12. The Morgan fingerprint density at radius 3 is 1.14 bits per heavy atom. The topological polar surface area (TPSA) is 12.0 Å². The summed E-state index contributed by atoms with van der Waals surface area (Å²) in [7, 11) is 0. The van der Waals surface area contributed by atoms with Gasteiger partial charge in [-0.05, 0) is 49.2 Å². The lowest BCUT2D eigenvalue weighted by Gasteiger charge is -2.04. The molecule has 0 amide bonds. The monoisotopic (exact) mass is 275 g/mol. The maximum absolute atomic E-state index is 3.30. The van der Waals surface area contributed by atoms with Crippen LogP contribution in [0.3, 0.4) is 0 Å². The molecule has 0 spiro atoms. The second kappa shape index (κ2) is 7.91. The fraction of sp³-hybridized carbons (Fsp3) is 0.100. The van der Waals surface area contributed by atoms with Gasteiger partial charge in [0.25, 0.3) is 0 Å². The van der Waals surface area contributed by atoms with Crippen molar-refractivity contribution in [1.29, 1.82) is 0 Å². The van der Waals surface area contributed by atoms with Crippen LogP contribution >= 0.6 is 0 Å². The zero-order chi connectivity index (χ0) is 14.9. The van der Waals surface area contributed by atoms with Crippen molar-refractivity contribution < 1.29 is 0 Å². The zero-order valence-electron chi connectivity index (χ0n) is 12.6. The van der Waals surface area contributed by atoms with Gasteiger partial charge in [-0.3, -0.25) is 0 Å². The highest BCUT2D eigenvalue weighted by atomic mass is 14.9. The SMILES string of the molecule is Cc1ccccc1C.c1ccc(Nc2ccccc2)cc1. The molecule has 0 atom stereocenters. The van der Waals surface area contributed by atoms with Crippen LogP contribution in [0.1, 0.15) is 11.1 Å². The minimum Gasteiger partial charge on any atom is -0.356 e. The lowest BCUT2D eigenvalue weighted by Crippen LogP contribution is -1.87. The second-order valence-electron chi connectivity index (χ2n) is 4.94. The van der Waals surface area contributed by atoms with Crippen LogP contribution in [0.2, 0.25) is 0 Å². The van der Waals surface area contributed by atoms with Gasteiger partial charge >= 0.3 is 0 Å². The Balaban J connectivity index is 0.000000173. The molecule has 1 N–H and O–H groups in total. The molecule has 0 aliphatic carbocycles. The Morgan fingerprint density at radius 2 is 0.810 bits per heavy atom. The van der Waals surface area contributed by atoms with Gasteiger partial charge in [-0.2, -0.15) is 0 Å². The average Bonchev–Trinajstić information content (AvgIpc) is 2.53. The normalized spacial score (nSPS) is 9.43. The van der Waals surface area contributed by atoms with E-state index < -0.39 is 0 Å². The van der Waals surface area contributed by atoms with Crippen LogP contribution in [0.5, 0.6) is 0 Å². The molecule has 1 nitrogen and oxygen atoms in total. The molecule has 106 valence electrons. The van der Waals surface area contributed by atoms with Crippen LogP contribution in [0, 0.1) is 13.8 Å². The first-order valence-corrected chi connectivity index (χ1v) is 7.15. The van der Waals surface area contributed by atoms with Gasteiger partial charge in [0.2, 0.25) is 0 Å². The van der Waals surface area contributed by atoms with Crippen molar-refractivity contribution in [2.45, 2.75) is 13.8 Å². The molecule has 3 rings (SSSR count). The summed E-state index contributed by atoms with van der Waals surface area (Å²) < 4.78 is 0. The summed E-state index contributed by atoms with van der Waals surface area (Å²) in [5.41, 5.74) is 4.97. The fourth-order valence-corrected chi connectivity index (χ4v) is 1.87. The van der Waals surface area contributed by atoms with Crippen molar-refractivity contribution >= 4 is 11.4 Å². The highest BCUT2D eigenvalue weighted by Crippen LogP contribution is 2.14. The van der Waals surface area contributed by atoms with Gasteiger partial charge in [0, 0.05) is 11.4 Å². The van der Waals surface area contributed by atoms with Gasteiger partial charge in [-0.25, -0.2) is 0 Å². The van der Waals surface area contributed by atoms with E-state index in [4.69, 9.17) is 0 Å². The van der Waals surface area contributed by atoms with Crippen LogP contribution in [-0.4, -0.2) is 0 Å². The van der Waals surface area contributed by atoms with Crippen molar-refractivity contribution in [1.82, 2.24) is 0 Å². The molecule has 3 aromatic rings. The first-order chi connectivity index (χ1) is 10.3. The highest BCUT2D eigenvalue weighted by Gasteiger charge is 1.89. The third-order valence-electron chi connectivity index (χ3n) is 3.26. The van der Waals surface area contributed by atoms with Crippen LogP contribution in [0.25, 0.3) is 0 Å². The van der Waals surface area contributed by atoms with Gasteiger partial charge in [-0.15, -0.1) is 0 Å². The number of hydrogen-bond donors (Lipinski definition) is 1. The van der Waals surface area contributed by atoms with E-state index >= 15 is 0 Å². The molecule has 0 bridgehead atoms. The number of para-hydroxylation sites is 2. The van der Waals surface area contributed by atoms with E-state index in [-0.39, 0.29) is 0 Å². The predicted molar refractivity (Wildman–Crippen MR) is 92.1 cm³/mol. The second-order valence-corrected chi connectivity index (χ2v) is 4.94. The molecular weight excluding hydrogens is 254 g/mol. The molecule has 0 saturated carbocycles. The standard InChI is InChI=1S/C12H11N.C8H10/c1-3-7-11(8-4-1)13-12-9-5-2-6-10-12;1-7-5-3-4-6-8(7)2/h1-10,13H;3-6H,1-2H3. The van der Waals surface area contributed by atoms with Crippen molar-refractivity contribution in [2.75, 3.05) is 5.32 Å². The Kier molecular flexibility index (Phi) is 5.60. The van der Waals surface area contributed by atoms with E-state index in [2.05, 4.69) is 43.4 Å². The summed E-state index contributed by atoms with van der Waals surface area (Å²) in [4.78, 5) is 0. The predicted octanol–water partition coefficient (Wildman–Crippen LogP) is 5.73. The van der Waals surface area contributed by atoms with E-state index in [1.807, 2.05) is 60.7 Å². The Bertz CT molecular complexity index is 586. The maximum Gasteiger partial charge on any atom is 0.0384 e. The molecule has 0 aromatic heterocycles. The Hall–Kier alpha value is -2.54. The summed E-state index contributed by atoms with van der Waals surface area (Å²) in [5, 5.41) is 3.30. The van der Waals surface area contributed by atoms with Crippen molar-refractivity contribution in [3.63, 3.8) is 0 Å². The minimum absolute atomic E-state index is 1.12. The largest absolute Gasteiger partial charge is 0.356 e. The first kappa shape index (κ1) is 14.9. The zero-order valence-corrected chi connectivity index (χ0v) is 12.6. The fourth-order valence-electron chi connectivity index (χ4n) is 1.87. The summed E-state index contributed by atoms with van der Waals surface area (Å²) in [6.45, 7) is 4.24. The lowest BCUT2D eigenvalue weighted by atomic mass is 10.1. The number of nitrogens with one attached hydrogen (secondary N) is 1. The highest BCUT2D eigenvalue weighted by molar-refractivity contribution is 5.58. The van der Waals surface area contributed by atoms with Crippen LogP contribution in [0.4, 0.5) is 11.4 Å². The number of anilines is 2. The molecule has 0 saturated heterocycles. The third-order valence-corrected chi connectivity index (χ3v) is 3.26. The summed E-state index contributed by atoms with van der Waals surface area (Å²) in [6.07, 6.45) is 0. The van der Waals surface area contributed by atoms with Crippen LogP contribution in [-0.2, 0) is 0 Å². The van der Waals surface area contributed by atoms with Crippen molar-refractivity contribution in [3.8, 4) is 0 Å². The molecular formula is C20H21N. The molecule has 0 aliphatic rings. The smallest absolute Gasteiger partial charge is 0.0384 e. The Morgan fingerprint density at radius 1 is 0.476 bits per heavy atom. The summed E-state index contributed by atoms with van der Waals surface area (Å²) >= 11 is 0. The number of rotatable bonds is 2. The van der Waals surface area contributed by atoms with E-state index in [1.54, 1.807) is 0 Å². The number of aryl methyl sites for hydroxylation is 2. The third kappa shape index (κ3) is 5.15. The average molecular weight is 275 g/mol. The summed E-state index contributed by atoms with van der Waals surface area (Å²) in [6, 6.07) is 28.6. The molecule has 0 unspecified atom stereocenters. The van der Waals surface area contributed by atoms with Crippen molar-refractivity contribution in [2.24, 2.45) is 0 Å². The van der Waals surface area contributed by atoms with Gasteiger partial charge in [0.05, 0.1) is 0 Å². The molecule has 1 heteroatoms. The van der Waals surface area contributed by atoms with E-state index in [1.165, 1.54) is 11.1 Å². The first-order valence-electron chi connectivity index (χ1n) is 7.15. The molecule has 0 fully saturated rings. The maximum atomic E-state index is 3.30. The van der Waals surface area contributed by atoms with Gasteiger partial charge in [0.15, 0.2) is 0 Å². The van der Waals surface area contributed by atoms with Crippen LogP contribution in [0.15, 0.2) is 84.9 Å². The number of benzene rings is 3. The van der Waals surface area contributed by atoms with Crippen LogP contribution < -0.4 is 5.32 Å². The lowest BCUT2D eigenvalue weighted by molar-refractivity contribution is 1.34. The molecule has 0 heterocycles. The Labute approximate surface area is 127 Å². The van der Waals surface area contributed by atoms with Gasteiger partial charge < -0.3 is 5.32 Å². The van der Waals surface area contributed by atoms with E-state index in [9.17, 15) is 0 Å². The van der Waals surface area contributed by atoms with E-state index in [0.717, 1.165) is 11.4 Å². The molecule has 3 aromatic carbocycles. The molecule has 0 radical (unpaired) electrons. The van der Waals surface area contributed by atoms with Gasteiger partial charge in [-0.1, -0.05) is 60.7 Å². The summed E-state index contributed by atoms with van der Waals surface area (Å²) in [5.74, 6) is 0. The molecule has 0 aliphatic heterocycles. The quantitative estimate of drug-likeness (QED) is 0.629.